The second kappa shape index (κ2) is 9.89. The van der Waals surface area contributed by atoms with Crippen molar-refractivity contribution in [2.45, 2.75) is 33.1 Å². The second-order valence-electron chi connectivity index (χ2n) is 7.07. The highest BCUT2D eigenvalue weighted by Crippen LogP contribution is 2.16. The Bertz CT molecular complexity index is 1010. The van der Waals surface area contributed by atoms with Gasteiger partial charge in [0, 0.05) is 11.8 Å². The number of benzene rings is 2. The summed E-state index contributed by atoms with van der Waals surface area (Å²) >= 11 is 0. The number of nitrogens with zero attached hydrogens (tertiary/aromatic N) is 1. The SMILES string of the molecule is Cc1ccc(C(=O)c2cccn2CCOc2cccc(CO[C@@H](C)C(=O)O)c2)cc1. The summed E-state index contributed by atoms with van der Waals surface area (Å²) in [4.78, 5) is 23.6. The fourth-order valence-corrected chi connectivity index (χ4v) is 2.95. The predicted molar refractivity (Wildman–Crippen MR) is 113 cm³/mol. The van der Waals surface area contributed by atoms with Gasteiger partial charge in [-0.2, -0.15) is 0 Å². The van der Waals surface area contributed by atoms with Crippen molar-refractivity contribution in [3.05, 3.63) is 89.2 Å². The Morgan fingerprint density at radius 1 is 1.07 bits per heavy atom. The Morgan fingerprint density at radius 2 is 1.83 bits per heavy atom. The molecule has 30 heavy (non-hydrogen) atoms. The van der Waals surface area contributed by atoms with Crippen molar-refractivity contribution in [3.63, 3.8) is 0 Å². The Balaban J connectivity index is 1.57. The monoisotopic (exact) mass is 407 g/mol. The van der Waals surface area contributed by atoms with Crippen molar-refractivity contribution < 1.29 is 24.2 Å². The minimum atomic E-state index is -0.995. The molecule has 0 amide bonds. The van der Waals surface area contributed by atoms with Gasteiger partial charge in [-0.1, -0.05) is 42.0 Å². The van der Waals surface area contributed by atoms with Crippen LogP contribution in [-0.2, 0) is 22.7 Å². The van der Waals surface area contributed by atoms with Crippen molar-refractivity contribution in [3.8, 4) is 5.75 Å². The number of aliphatic carboxylic acids is 1. The van der Waals surface area contributed by atoms with Crippen LogP contribution in [0, 0.1) is 6.92 Å². The minimum Gasteiger partial charge on any atom is -0.492 e. The van der Waals surface area contributed by atoms with Crippen LogP contribution in [0.5, 0.6) is 5.75 Å². The zero-order chi connectivity index (χ0) is 21.5. The minimum absolute atomic E-state index is 0.0216. The molecule has 0 bridgehead atoms. The highest BCUT2D eigenvalue weighted by Gasteiger charge is 2.13. The van der Waals surface area contributed by atoms with Gasteiger partial charge in [0.1, 0.15) is 12.4 Å². The summed E-state index contributed by atoms with van der Waals surface area (Å²) in [6.07, 6.45) is 0.996. The van der Waals surface area contributed by atoms with Gasteiger partial charge in [0.2, 0.25) is 5.78 Å². The molecule has 156 valence electrons. The van der Waals surface area contributed by atoms with Gasteiger partial charge < -0.3 is 19.1 Å². The Kier molecular flexibility index (Phi) is 7.03. The zero-order valence-corrected chi connectivity index (χ0v) is 17.1. The summed E-state index contributed by atoms with van der Waals surface area (Å²) in [5, 5.41) is 8.89. The molecule has 0 saturated carbocycles. The van der Waals surface area contributed by atoms with Crippen LogP contribution in [0.3, 0.4) is 0 Å². The molecule has 0 spiro atoms. The third-order valence-corrected chi connectivity index (χ3v) is 4.72. The first kappa shape index (κ1) is 21.3. The van der Waals surface area contributed by atoms with Crippen molar-refractivity contribution in [2.75, 3.05) is 6.61 Å². The molecular formula is C24H25NO5. The van der Waals surface area contributed by atoms with Crippen molar-refractivity contribution >= 4 is 11.8 Å². The van der Waals surface area contributed by atoms with E-state index in [1.165, 1.54) is 6.92 Å². The molecule has 0 saturated heterocycles. The number of carbonyl (C=O) groups is 2. The van der Waals surface area contributed by atoms with Crippen LogP contribution in [0.15, 0.2) is 66.9 Å². The van der Waals surface area contributed by atoms with Gasteiger partial charge in [-0.25, -0.2) is 4.79 Å². The highest BCUT2D eigenvalue weighted by molar-refractivity contribution is 6.08. The third kappa shape index (κ3) is 5.58. The molecule has 1 heterocycles. The molecule has 0 radical (unpaired) electrons. The standard InChI is InChI=1S/C24H25NO5/c1-17-8-10-20(11-9-17)23(26)22-7-4-12-25(22)13-14-29-21-6-3-5-19(15-21)16-30-18(2)24(27)28/h3-12,15,18H,13-14,16H2,1-2H3,(H,27,28)/t18-/m0/s1. The van der Waals surface area contributed by atoms with Crippen molar-refractivity contribution in [1.29, 1.82) is 0 Å². The Morgan fingerprint density at radius 3 is 2.57 bits per heavy atom. The van der Waals surface area contributed by atoms with E-state index >= 15 is 0 Å². The average Bonchev–Trinajstić information content (AvgIpc) is 3.21. The molecule has 2 aromatic carbocycles. The second-order valence-corrected chi connectivity index (χ2v) is 7.07. The van der Waals surface area contributed by atoms with E-state index in [0.717, 1.165) is 11.1 Å². The Hall–Kier alpha value is -3.38. The van der Waals surface area contributed by atoms with E-state index in [1.54, 1.807) is 0 Å². The summed E-state index contributed by atoms with van der Waals surface area (Å²) in [6.45, 7) is 4.59. The number of ether oxygens (including phenoxy) is 2. The van der Waals surface area contributed by atoms with E-state index in [-0.39, 0.29) is 12.4 Å². The van der Waals surface area contributed by atoms with Crippen molar-refractivity contribution in [1.82, 2.24) is 4.57 Å². The van der Waals surface area contributed by atoms with Gasteiger partial charge in [0.25, 0.3) is 0 Å². The lowest BCUT2D eigenvalue weighted by molar-refractivity contribution is -0.149. The van der Waals surface area contributed by atoms with E-state index in [4.69, 9.17) is 14.6 Å². The maximum Gasteiger partial charge on any atom is 0.332 e. The molecule has 3 aromatic rings. The number of ketones is 1. The molecule has 6 nitrogen and oxygen atoms in total. The molecule has 1 N–H and O–H groups in total. The van der Waals surface area contributed by atoms with E-state index in [2.05, 4.69) is 0 Å². The van der Waals surface area contributed by atoms with Gasteiger partial charge in [0.05, 0.1) is 18.8 Å². The average molecular weight is 407 g/mol. The molecule has 0 aliphatic heterocycles. The van der Waals surface area contributed by atoms with Crippen LogP contribution in [0.25, 0.3) is 0 Å². The molecule has 6 heteroatoms. The quantitative estimate of drug-likeness (QED) is 0.512. The van der Waals surface area contributed by atoms with Crippen LogP contribution < -0.4 is 4.74 Å². The number of rotatable bonds is 10. The summed E-state index contributed by atoms with van der Waals surface area (Å²) in [5.41, 5.74) is 3.22. The molecule has 3 rings (SSSR count). The number of carboxylic acid groups (broad SMARTS) is 1. The van der Waals surface area contributed by atoms with Gasteiger partial charge in [-0.3, -0.25) is 4.79 Å². The predicted octanol–water partition coefficient (Wildman–Crippen LogP) is 4.10. The van der Waals surface area contributed by atoms with Gasteiger partial charge in [-0.15, -0.1) is 0 Å². The number of carbonyl (C=O) groups excluding carboxylic acids is 1. The van der Waals surface area contributed by atoms with E-state index in [1.807, 2.05) is 78.4 Å². The van der Waals surface area contributed by atoms with Gasteiger partial charge in [0.15, 0.2) is 6.10 Å². The Labute approximate surface area is 175 Å². The lowest BCUT2D eigenvalue weighted by Gasteiger charge is -2.12. The number of hydrogen-bond donors (Lipinski definition) is 1. The van der Waals surface area contributed by atoms with Crippen LogP contribution in [-0.4, -0.2) is 34.1 Å². The summed E-state index contributed by atoms with van der Waals surface area (Å²) in [5.74, 6) is -0.352. The van der Waals surface area contributed by atoms with Crippen LogP contribution >= 0.6 is 0 Å². The van der Waals surface area contributed by atoms with E-state index < -0.39 is 12.1 Å². The van der Waals surface area contributed by atoms with Gasteiger partial charge in [-0.05, 0) is 43.7 Å². The topological polar surface area (TPSA) is 77.8 Å². The maximum absolute atomic E-state index is 12.8. The first-order chi connectivity index (χ1) is 14.4. The van der Waals surface area contributed by atoms with Crippen LogP contribution in [0.4, 0.5) is 0 Å². The number of carboxylic acids is 1. The molecular weight excluding hydrogens is 382 g/mol. The molecule has 0 fully saturated rings. The number of aromatic nitrogens is 1. The first-order valence-electron chi connectivity index (χ1n) is 9.76. The van der Waals surface area contributed by atoms with Crippen LogP contribution in [0.2, 0.25) is 0 Å². The smallest absolute Gasteiger partial charge is 0.332 e. The molecule has 1 aromatic heterocycles. The normalized spacial score (nSPS) is 11.8. The molecule has 0 unspecified atom stereocenters. The van der Waals surface area contributed by atoms with Crippen LogP contribution in [0.1, 0.15) is 34.1 Å². The fourth-order valence-electron chi connectivity index (χ4n) is 2.95. The largest absolute Gasteiger partial charge is 0.492 e. The lowest BCUT2D eigenvalue weighted by Crippen LogP contribution is -2.19. The number of aryl methyl sites for hydroxylation is 1. The van der Waals surface area contributed by atoms with E-state index in [9.17, 15) is 9.59 Å². The number of hydrogen-bond acceptors (Lipinski definition) is 4. The lowest BCUT2D eigenvalue weighted by atomic mass is 10.1. The highest BCUT2D eigenvalue weighted by atomic mass is 16.5. The summed E-state index contributed by atoms with van der Waals surface area (Å²) in [7, 11) is 0. The zero-order valence-electron chi connectivity index (χ0n) is 17.1. The maximum atomic E-state index is 12.8. The van der Waals surface area contributed by atoms with Crippen molar-refractivity contribution in [2.24, 2.45) is 0 Å². The molecule has 0 aliphatic rings. The fraction of sp³-hybridized carbons (Fsp3) is 0.250. The van der Waals surface area contributed by atoms with E-state index in [0.29, 0.717) is 30.2 Å². The molecule has 0 aliphatic carbocycles. The summed E-state index contributed by atoms with van der Waals surface area (Å²) < 4.78 is 13.0. The third-order valence-electron chi connectivity index (χ3n) is 4.72. The summed E-state index contributed by atoms with van der Waals surface area (Å²) in [6, 6.07) is 18.5. The first-order valence-corrected chi connectivity index (χ1v) is 9.76. The molecule has 1 atom stereocenters. The van der Waals surface area contributed by atoms with Gasteiger partial charge >= 0.3 is 5.97 Å².